The number of carboxylic acid groups (broad SMARTS) is 1. The van der Waals surface area contributed by atoms with E-state index in [0.29, 0.717) is 19.5 Å². The van der Waals surface area contributed by atoms with E-state index >= 15 is 0 Å². The molecule has 3 aromatic heterocycles. The summed E-state index contributed by atoms with van der Waals surface area (Å²) < 4.78 is 33.8. The fourth-order valence-electron chi connectivity index (χ4n) is 4.12. The van der Waals surface area contributed by atoms with Crippen molar-refractivity contribution >= 4 is 23.3 Å². The predicted octanol–water partition coefficient (Wildman–Crippen LogP) is 3.62. The van der Waals surface area contributed by atoms with Crippen LogP contribution in [0, 0.1) is 6.92 Å². The van der Waals surface area contributed by atoms with Crippen LogP contribution in [-0.2, 0) is 16.0 Å². The van der Waals surface area contributed by atoms with Crippen LogP contribution in [0.15, 0.2) is 67.4 Å². The molecular weight excluding hydrogens is 501 g/mol. The molecule has 0 aliphatic carbocycles. The van der Waals surface area contributed by atoms with E-state index in [1.807, 2.05) is 53.8 Å². The van der Waals surface area contributed by atoms with Crippen LogP contribution in [-0.4, -0.2) is 73.6 Å². The molecule has 1 aliphatic heterocycles. The van der Waals surface area contributed by atoms with Crippen LogP contribution in [0.4, 0.5) is 19.0 Å². The molecule has 0 atom stereocenters. The summed E-state index contributed by atoms with van der Waals surface area (Å²) in [5, 5.41) is 7.12. The lowest BCUT2D eigenvalue weighted by atomic mass is 10.1. The molecule has 4 heterocycles. The molecule has 0 unspecified atom stereocenters. The van der Waals surface area contributed by atoms with Crippen molar-refractivity contribution in [2.45, 2.75) is 19.5 Å². The first-order chi connectivity index (χ1) is 18.1. The Balaban J connectivity index is 0.000000426. The number of rotatable bonds is 4. The van der Waals surface area contributed by atoms with Gasteiger partial charge in [-0.2, -0.15) is 13.2 Å². The Morgan fingerprint density at radius 3 is 2.26 bits per heavy atom. The number of hydrogen-bond acceptors (Lipinski definition) is 6. The number of halogens is 3. The molecule has 1 aromatic carbocycles. The minimum atomic E-state index is -5.08. The molecular formula is C26H25F3N6O3. The van der Waals surface area contributed by atoms with Crippen LogP contribution in [0.25, 0.3) is 16.9 Å². The summed E-state index contributed by atoms with van der Waals surface area (Å²) in [6.07, 6.45) is 4.55. The molecule has 1 N–H and O–H groups in total. The van der Waals surface area contributed by atoms with Crippen LogP contribution in [0.2, 0.25) is 0 Å². The molecule has 0 bridgehead atoms. The number of aryl methyl sites for hydroxylation is 1. The second-order valence-corrected chi connectivity index (χ2v) is 8.60. The number of hydrogen-bond donors (Lipinski definition) is 1. The molecule has 1 fully saturated rings. The molecule has 1 saturated heterocycles. The van der Waals surface area contributed by atoms with Gasteiger partial charge in [-0.15, -0.1) is 0 Å². The fourth-order valence-corrected chi connectivity index (χ4v) is 4.12. The quantitative estimate of drug-likeness (QED) is 0.433. The second-order valence-electron chi connectivity index (χ2n) is 8.60. The number of carbonyl (C=O) groups is 2. The van der Waals surface area contributed by atoms with Crippen molar-refractivity contribution in [2.75, 3.05) is 31.1 Å². The standard InChI is InChI=1S/C24H24N6O.C2HF3O2/c1-18-4-2-3-5-20(18)16-22(31)28-12-14-29(15-13-28)23-24-27-17-21(30(24)11-10-26-23)19-6-8-25-9-7-19;3-2(4,5)1(6)7/h2-11,17H,12-16H2,1H3;(H,6,7). The number of carboxylic acids is 1. The van der Waals surface area contributed by atoms with Gasteiger partial charge in [0, 0.05) is 56.5 Å². The van der Waals surface area contributed by atoms with Gasteiger partial charge in [0.25, 0.3) is 0 Å². The molecule has 9 nitrogen and oxygen atoms in total. The Morgan fingerprint density at radius 2 is 1.63 bits per heavy atom. The van der Waals surface area contributed by atoms with E-state index in [1.165, 1.54) is 0 Å². The first kappa shape index (κ1) is 26.6. The fraction of sp³-hybridized carbons (Fsp3) is 0.269. The summed E-state index contributed by atoms with van der Waals surface area (Å²) in [6.45, 7) is 4.90. The largest absolute Gasteiger partial charge is 0.490 e. The minimum absolute atomic E-state index is 0.181. The number of amides is 1. The van der Waals surface area contributed by atoms with Gasteiger partial charge in [-0.1, -0.05) is 24.3 Å². The van der Waals surface area contributed by atoms with Crippen molar-refractivity contribution in [2.24, 2.45) is 0 Å². The molecule has 0 spiro atoms. The third-order valence-electron chi connectivity index (χ3n) is 6.16. The van der Waals surface area contributed by atoms with E-state index in [1.54, 1.807) is 12.4 Å². The lowest BCUT2D eigenvalue weighted by molar-refractivity contribution is -0.192. The minimum Gasteiger partial charge on any atom is -0.475 e. The van der Waals surface area contributed by atoms with Crippen molar-refractivity contribution < 1.29 is 27.9 Å². The topological polar surface area (TPSA) is 104 Å². The first-order valence-corrected chi connectivity index (χ1v) is 11.7. The van der Waals surface area contributed by atoms with E-state index < -0.39 is 12.1 Å². The highest BCUT2D eigenvalue weighted by molar-refractivity contribution is 5.79. The van der Waals surface area contributed by atoms with Crippen LogP contribution in [0.5, 0.6) is 0 Å². The van der Waals surface area contributed by atoms with Crippen molar-refractivity contribution in [1.82, 2.24) is 24.3 Å². The summed E-state index contributed by atoms with van der Waals surface area (Å²) in [4.78, 5) is 39.2. The van der Waals surface area contributed by atoms with E-state index in [0.717, 1.165) is 46.9 Å². The molecule has 12 heteroatoms. The summed E-state index contributed by atoms with van der Waals surface area (Å²) >= 11 is 0. The smallest absolute Gasteiger partial charge is 0.475 e. The van der Waals surface area contributed by atoms with Crippen LogP contribution < -0.4 is 4.90 Å². The van der Waals surface area contributed by atoms with Gasteiger partial charge in [0.1, 0.15) is 0 Å². The molecule has 1 aliphatic rings. The normalized spacial score (nSPS) is 13.7. The zero-order valence-corrected chi connectivity index (χ0v) is 20.5. The molecule has 5 rings (SSSR count). The average Bonchev–Trinajstić information content (AvgIpc) is 3.35. The summed E-state index contributed by atoms with van der Waals surface area (Å²) in [7, 11) is 0. The highest BCUT2D eigenvalue weighted by Gasteiger charge is 2.38. The van der Waals surface area contributed by atoms with E-state index in [9.17, 15) is 18.0 Å². The third kappa shape index (κ3) is 6.07. The Morgan fingerprint density at radius 1 is 0.974 bits per heavy atom. The van der Waals surface area contributed by atoms with Crippen LogP contribution >= 0.6 is 0 Å². The molecule has 4 aromatic rings. The maximum atomic E-state index is 12.8. The number of alkyl halides is 3. The summed E-state index contributed by atoms with van der Waals surface area (Å²) in [6, 6.07) is 12.0. The number of nitrogens with zero attached hydrogens (tertiary/aromatic N) is 6. The number of piperazine rings is 1. The number of benzene rings is 1. The van der Waals surface area contributed by atoms with Gasteiger partial charge >= 0.3 is 12.1 Å². The zero-order chi connectivity index (χ0) is 27.3. The third-order valence-corrected chi connectivity index (χ3v) is 6.16. The van der Waals surface area contributed by atoms with Crippen LogP contribution in [0.1, 0.15) is 11.1 Å². The monoisotopic (exact) mass is 526 g/mol. The molecule has 1 amide bonds. The van der Waals surface area contributed by atoms with Crippen molar-refractivity contribution in [1.29, 1.82) is 0 Å². The van der Waals surface area contributed by atoms with Gasteiger partial charge in [-0.05, 0) is 30.2 Å². The van der Waals surface area contributed by atoms with Crippen molar-refractivity contribution in [3.8, 4) is 11.3 Å². The number of anilines is 1. The predicted molar refractivity (Wildman–Crippen MR) is 134 cm³/mol. The van der Waals surface area contributed by atoms with Crippen molar-refractivity contribution in [3.63, 3.8) is 0 Å². The average molecular weight is 527 g/mol. The first-order valence-electron chi connectivity index (χ1n) is 11.7. The Kier molecular flexibility index (Phi) is 7.89. The molecule has 198 valence electrons. The lowest BCUT2D eigenvalue weighted by Crippen LogP contribution is -2.49. The molecule has 0 radical (unpaired) electrons. The lowest BCUT2D eigenvalue weighted by Gasteiger charge is -2.35. The summed E-state index contributed by atoms with van der Waals surface area (Å²) in [5.41, 5.74) is 5.16. The van der Waals surface area contributed by atoms with Gasteiger partial charge in [0.05, 0.1) is 18.3 Å². The number of pyridine rings is 1. The highest BCUT2D eigenvalue weighted by Crippen LogP contribution is 2.25. The van der Waals surface area contributed by atoms with Crippen molar-refractivity contribution in [3.05, 3.63) is 78.5 Å². The van der Waals surface area contributed by atoms with E-state index in [4.69, 9.17) is 9.90 Å². The molecule has 38 heavy (non-hydrogen) atoms. The number of aliphatic carboxylic acids is 1. The maximum Gasteiger partial charge on any atom is 0.490 e. The van der Waals surface area contributed by atoms with Gasteiger partial charge in [-0.3, -0.25) is 14.2 Å². The van der Waals surface area contributed by atoms with Gasteiger partial charge in [0.15, 0.2) is 11.5 Å². The van der Waals surface area contributed by atoms with E-state index in [2.05, 4.69) is 37.2 Å². The Hall–Kier alpha value is -4.48. The zero-order valence-electron chi connectivity index (χ0n) is 20.5. The second kappa shape index (κ2) is 11.3. The summed E-state index contributed by atoms with van der Waals surface area (Å²) in [5.74, 6) is -1.72. The number of fused-ring (bicyclic) bond motifs is 1. The van der Waals surface area contributed by atoms with Gasteiger partial charge < -0.3 is 14.9 Å². The highest BCUT2D eigenvalue weighted by atomic mass is 19.4. The molecule has 0 saturated carbocycles. The number of imidazole rings is 1. The SMILES string of the molecule is Cc1ccccc1CC(=O)N1CCN(c2nccn3c(-c4ccncc4)cnc23)CC1.O=C(O)C(F)(F)F. The maximum absolute atomic E-state index is 12.8. The van der Waals surface area contributed by atoms with Crippen LogP contribution in [0.3, 0.4) is 0 Å². The van der Waals surface area contributed by atoms with Gasteiger partial charge in [0.2, 0.25) is 5.91 Å². The Bertz CT molecular complexity index is 1420. The van der Waals surface area contributed by atoms with E-state index in [-0.39, 0.29) is 5.91 Å². The Labute approximate surface area is 216 Å². The number of carbonyl (C=O) groups excluding carboxylic acids is 1. The number of aromatic nitrogens is 4. The van der Waals surface area contributed by atoms with Gasteiger partial charge in [-0.25, -0.2) is 14.8 Å².